The van der Waals surface area contributed by atoms with Crippen molar-refractivity contribution in [2.24, 2.45) is 0 Å². The minimum absolute atomic E-state index is 0.136. The second kappa shape index (κ2) is 4.79. The fourth-order valence-corrected chi connectivity index (χ4v) is 1.35. The molecule has 0 aliphatic heterocycles. The molecule has 1 heterocycles. The number of carbonyl (C=O) groups is 1. The molecule has 2 aromatic rings. The van der Waals surface area contributed by atoms with E-state index < -0.39 is 17.6 Å². The summed E-state index contributed by atoms with van der Waals surface area (Å²) in [6, 6.07) is 7.61. The first-order valence-electron chi connectivity index (χ1n) is 4.98. The van der Waals surface area contributed by atoms with E-state index in [1.165, 1.54) is 24.3 Å². The van der Waals surface area contributed by atoms with Crippen LogP contribution in [0.1, 0.15) is 10.5 Å². The topological polar surface area (TPSA) is 62.2 Å². The fraction of sp³-hybridized carbons (Fsp3) is 0. The summed E-state index contributed by atoms with van der Waals surface area (Å²) in [6.07, 6.45) is 0. The van der Waals surface area contributed by atoms with E-state index in [4.69, 9.17) is 5.11 Å². The number of hydrogen-bond donors (Lipinski definition) is 2. The summed E-state index contributed by atoms with van der Waals surface area (Å²) in [5.41, 5.74) is 0.145. The van der Waals surface area contributed by atoms with E-state index in [0.29, 0.717) is 0 Å². The molecule has 0 saturated carbocycles. The number of carboxylic acid groups (broad SMARTS) is 1. The fourth-order valence-electron chi connectivity index (χ4n) is 1.35. The van der Waals surface area contributed by atoms with E-state index in [-0.39, 0.29) is 17.2 Å². The number of carboxylic acids is 1. The number of benzene rings is 1. The largest absolute Gasteiger partial charge is 0.477 e. The summed E-state index contributed by atoms with van der Waals surface area (Å²) in [7, 11) is 0. The zero-order valence-electron chi connectivity index (χ0n) is 9.02. The molecule has 2 N–H and O–H groups in total. The summed E-state index contributed by atoms with van der Waals surface area (Å²) in [6.45, 7) is 0. The molecule has 92 valence electrons. The van der Waals surface area contributed by atoms with Gasteiger partial charge in [-0.05, 0) is 24.3 Å². The molecule has 0 aliphatic carbocycles. The van der Waals surface area contributed by atoms with Crippen molar-refractivity contribution in [1.29, 1.82) is 0 Å². The number of anilines is 2. The molecule has 0 bridgehead atoms. The van der Waals surface area contributed by atoms with Crippen LogP contribution >= 0.6 is 0 Å². The van der Waals surface area contributed by atoms with Crippen LogP contribution in [0.4, 0.5) is 20.3 Å². The highest BCUT2D eigenvalue weighted by Gasteiger charge is 2.06. The Labute approximate surface area is 101 Å². The van der Waals surface area contributed by atoms with Crippen molar-refractivity contribution in [1.82, 2.24) is 4.98 Å². The number of aromatic nitrogens is 1. The number of nitrogens with zero attached hydrogens (tertiary/aromatic N) is 1. The van der Waals surface area contributed by atoms with Gasteiger partial charge in [-0.3, -0.25) is 0 Å². The molecule has 6 heteroatoms. The van der Waals surface area contributed by atoms with Crippen LogP contribution in [-0.2, 0) is 0 Å². The highest BCUT2D eigenvalue weighted by Crippen LogP contribution is 2.17. The van der Waals surface area contributed by atoms with E-state index in [9.17, 15) is 13.6 Å². The SMILES string of the molecule is O=C(O)c1cccc(Nc2ccc(F)c(F)c2)n1. The van der Waals surface area contributed by atoms with Crippen molar-refractivity contribution >= 4 is 17.5 Å². The quantitative estimate of drug-likeness (QED) is 0.879. The highest BCUT2D eigenvalue weighted by molar-refractivity contribution is 5.85. The molecule has 0 saturated heterocycles. The lowest BCUT2D eigenvalue weighted by Gasteiger charge is -2.06. The number of hydrogen-bond acceptors (Lipinski definition) is 3. The van der Waals surface area contributed by atoms with Crippen LogP contribution in [0.15, 0.2) is 36.4 Å². The first-order valence-corrected chi connectivity index (χ1v) is 4.98. The van der Waals surface area contributed by atoms with Crippen molar-refractivity contribution in [3.05, 3.63) is 53.7 Å². The van der Waals surface area contributed by atoms with Gasteiger partial charge in [-0.2, -0.15) is 0 Å². The average molecular weight is 250 g/mol. The molecule has 18 heavy (non-hydrogen) atoms. The van der Waals surface area contributed by atoms with Gasteiger partial charge in [0.25, 0.3) is 0 Å². The van der Waals surface area contributed by atoms with Crippen LogP contribution in [0.25, 0.3) is 0 Å². The van der Waals surface area contributed by atoms with Crippen molar-refractivity contribution in [2.45, 2.75) is 0 Å². The van der Waals surface area contributed by atoms with Crippen molar-refractivity contribution in [2.75, 3.05) is 5.32 Å². The van der Waals surface area contributed by atoms with E-state index in [1.807, 2.05) is 0 Å². The first-order chi connectivity index (χ1) is 8.56. The van der Waals surface area contributed by atoms with Gasteiger partial charge in [-0.1, -0.05) is 6.07 Å². The van der Waals surface area contributed by atoms with Crippen molar-refractivity contribution in [3.63, 3.8) is 0 Å². The summed E-state index contributed by atoms with van der Waals surface area (Å²) in [5.74, 6) is -2.87. The van der Waals surface area contributed by atoms with E-state index in [0.717, 1.165) is 12.1 Å². The molecule has 2 rings (SSSR count). The summed E-state index contributed by atoms with van der Waals surface area (Å²) in [5, 5.41) is 11.4. The Balaban J connectivity index is 2.25. The van der Waals surface area contributed by atoms with Gasteiger partial charge in [0.05, 0.1) is 0 Å². The smallest absolute Gasteiger partial charge is 0.354 e. The number of rotatable bonds is 3. The molecule has 0 atom stereocenters. The lowest BCUT2D eigenvalue weighted by Crippen LogP contribution is -2.02. The Kier molecular flexibility index (Phi) is 3.18. The lowest BCUT2D eigenvalue weighted by atomic mass is 10.3. The molecule has 1 aromatic carbocycles. The van der Waals surface area contributed by atoms with E-state index >= 15 is 0 Å². The zero-order valence-corrected chi connectivity index (χ0v) is 9.02. The highest BCUT2D eigenvalue weighted by atomic mass is 19.2. The van der Waals surface area contributed by atoms with Gasteiger partial charge >= 0.3 is 5.97 Å². The molecule has 0 spiro atoms. The van der Waals surface area contributed by atoms with Crippen LogP contribution < -0.4 is 5.32 Å². The predicted molar refractivity (Wildman–Crippen MR) is 60.8 cm³/mol. The van der Waals surface area contributed by atoms with Crippen LogP contribution in [0, 0.1) is 11.6 Å². The second-order valence-corrected chi connectivity index (χ2v) is 3.47. The minimum atomic E-state index is -1.16. The number of halogens is 2. The predicted octanol–water partition coefficient (Wildman–Crippen LogP) is 2.80. The number of pyridine rings is 1. The normalized spacial score (nSPS) is 10.1. The van der Waals surface area contributed by atoms with Crippen LogP contribution in [-0.4, -0.2) is 16.1 Å². The van der Waals surface area contributed by atoms with Gasteiger partial charge in [0.1, 0.15) is 5.82 Å². The molecular formula is C12H8F2N2O2. The maximum atomic E-state index is 13.0. The van der Waals surface area contributed by atoms with Crippen molar-refractivity contribution < 1.29 is 18.7 Å². The molecule has 0 radical (unpaired) electrons. The van der Waals surface area contributed by atoms with Gasteiger partial charge < -0.3 is 10.4 Å². The first kappa shape index (κ1) is 12.0. The van der Waals surface area contributed by atoms with Gasteiger partial charge in [-0.15, -0.1) is 0 Å². The second-order valence-electron chi connectivity index (χ2n) is 3.47. The van der Waals surface area contributed by atoms with Gasteiger partial charge in [0, 0.05) is 11.8 Å². The third-order valence-corrected chi connectivity index (χ3v) is 2.16. The monoisotopic (exact) mass is 250 g/mol. The standard InChI is InChI=1S/C12H8F2N2O2/c13-8-5-4-7(6-9(8)14)15-11-3-1-2-10(16-11)12(17)18/h1-6H,(H,15,16)(H,17,18). The summed E-state index contributed by atoms with van der Waals surface area (Å²) in [4.78, 5) is 14.5. The summed E-state index contributed by atoms with van der Waals surface area (Å²) < 4.78 is 25.7. The molecule has 0 unspecified atom stereocenters. The molecule has 0 fully saturated rings. The van der Waals surface area contributed by atoms with E-state index in [2.05, 4.69) is 10.3 Å². The Morgan fingerprint density at radius 3 is 2.61 bits per heavy atom. The third-order valence-electron chi connectivity index (χ3n) is 2.16. The van der Waals surface area contributed by atoms with Crippen LogP contribution in [0.3, 0.4) is 0 Å². The third kappa shape index (κ3) is 2.60. The maximum absolute atomic E-state index is 13.0. The minimum Gasteiger partial charge on any atom is -0.477 e. The van der Waals surface area contributed by atoms with Gasteiger partial charge in [0.2, 0.25) is 0 Å². The van der Waals surface area contributed by atoms with Crippen LogP contribution in [0.5, 0.6) is 0 Å². The zero-order chi connectivity index (χ0) is 13.1. The van der Waals surface area contributed by atoms with Gasteiger partial charge in [0.15, 0.2) is 17.3 Å². The molecular weight excluding hydrogens is 242 g/mol. The molecule has 4 nitrogen and oxygen atoms in total. The maximum Gasteiger partial charge on any atom is 0.354 e. The number of nitrogens with one attached hydrogen (secondary N) is 1. The number of aromatic carboxylic acids is 1. The molecule has 0 aliphatic rings. The van der Waals surface area contributed by atoms with Crippen molar-refractivity contribution in [3.8, 4) is 0 Å². The molecule has 0 amide bonds. The molecule has 1 aromatic heterocycles. The Morgan fingerprint density at radius 2 is 1.94 bits per heavy atom. The average Bonchev–Trinajstić information content (AvgIpc) is 2.34. The summed E-state index contributed by atoms with van der Waals surface area (Å²) >= 11 is 0. The van der Waals surface area contributed by atoms with Crippen LogP contribution in [0.2, 0.25) is 0 Å². The van der Waals surface area contributed by atoms with Gasteiger partial charge in [-0.25, -0.2) is 18.6 Å². The van der Waals surface area contributed by atoms with E-state index in [1.54, 1.807) is 0 Å². The Morgan fingerprint density at radius 1 is 1.17 bits per heavy atom. The Hall–Kier alpha value is -2.50. The Bertz CT molecular complexity index is 602. The lowest BCUT2D eigenvalue weighted by molar-refractivity contribution is 0.0690.